The van der Waals surface area contributed by atoms with Crippen LogP contribution in [0.1, 0.15) is 93.2 Å². The van der Waals surface area contributed by atoms with E-state index in [1.54, 1.807) is 11.3 Å². The normalized spacial score (nSPS) is 24.5. The largest absolute Gasteiger partial charge is 0.346 e. The van der Waals surface area contributed by atoms with Gasteiger partial charge < -0.3 is 20.1 Å². The Labute approximate surface area is 273 Å². The molecule has 242 valence electrons. The molecule has 2 saturated heterocycles. The summed E-state index contributed by atoms with van der Waals surface area (Å²) in [6.45, 7) is 13.5. The maximum atomic E-state index is 14.1. The van der Waals surface area contributed by atoms with Crippen LogP contribution in [0.4, 0.5) is 4.79 Å². The van der Waals surface area contributed by atoms with Crippen LogP contribution in [0.2, 0.25) is 0 Å². The second-order valence-electron chi connectivity index (χ2n) is 15.3. The molecule has 0 atom stereocenters. The van der Waals surface area contributed by atoms with Crippen molar-refractivity contribution in [3.8, 4) is 11.3 Å². The maximum Gasteiger partial charge on any atom is 0.317 e. The van der Waals surface area contributed by atoms with E-state index < -0.39 is 5.41 Å². The number of aromatic amines is 1. The number of H-pyrrole nitrogens is 1. The number of ketones is 1. The van der Waals surface area contributed by atoms with Gasteiger partial charge in [0.05, 0.1) is 11.1 Å². The van der Waals surface area contributed by atoms with Crippen molar-refractivity contribution in [3.63, 3.8) is 0 Å². The molecular formula is C38H52N4O2S. The van der Waals surface area contributed by atoms with Gasteiger partial charge in [-0.2, -0.15) is 0 Å². The lowest BCUT2D eigenvalue weighted by Gasteiger charge is -2.34. The Balaban J connectivity index is 1.09. The highest BCUT2D eigenvalue weighted by atomic mass is 32.1. The average Bonchev–Trinajstić information content (AvgIpc) is 3.81. The smallest absolute Gasteiger partial charge is 0.317 e. The number of hydrogen-bond donors (Lipinski definition) is 2. The minimum atomic E-state index is -0.460. The van der Waals surface area contributed by atoms with E-state index in [0.717, 1.165) is 64.8 Å². The highest BCUT2D eigenvalue weighted by molar-refractivity contribution is 7.19. The molecule has 7 heteroatoms. The predicted octanol–water partition coefficient (Wildman–Crippen LogP) is 8.00. The molecular weight excluding hydrogens is 577 g/mol. The van der Waals surface area contributed by atoms with Crippen molar-refractivity contribution in [3.05, 3.63) is 45.8 Å². The van der Waals surface area contributed by atoms with Crippen molar-refractivity contribution in [1.82, 2.24) is 20.1 Å². The van der Waals surface area contributed by atoms with E-state index in [2.05, 4.69) is 67.2 Å². The SMILES string of the molecule is Cc1cc(C)cc(-c2[nH]c3sc(C(C)(C)C(=O)C4C5CCC4CC5)cc3c2CCN2CCC(NC(=O)N3CCCCC3)CC2)c1. The number of nitrogens with one attached hydrogen (secondary N) is 2. The fraction of sp³-hybridized carbons (Fsp3) is 0.632. The van der Waals surface area contributed by atoms with Crippen LogP contribution in [0.5, 0.6) is 0 Å². The molecule has 4 fully saturated rings. The Hall–Kier alpha value is -2.64. The summed E-state index contributed by atoms with van der Waals surface area (Å²) in [5.41, 5.74) is 5.96. The van der Waals surface area contributed by atoms with Gasteiger partial charge in [-0.1, -0.05) is 17.2 Å². The third-order valence-corrected chi connectivity index (χ3v) is 13.1. The van der Waals surface area contributed by atoms with Gasteiger partial charge >= 0.3 is 6.03 Å². The first kappa shape index (κ1) is 31.0. The summed E-state index contributed by atoms with van der Waals surface area (Å²) in [6.07, 6.45) is 11.5. The molecule has 2 amide bonds. The number of aromatic nitrogens is 1. The van der Waals surface area contributed by atoms with Gasteiger partial charge in [0, 0.05) is 54.9 Å². The van der Waals surface area contributed by atoms with E-state index in [1.165, 1.54) is 75.1 Å². The lowest BCUT2D eigenvalue weighted by molar-refractivity contribution is -0.128. The van der Waals surface area contributed by atoms with Crippen LogP contribution in [0.25, 0.3) is 21.5 Å². The molecule has 6 nitrogen and oxygen atoms in total. The third kappa shape index (κ3) is 6.12. The molecule has 2 aliphatic heterocycles. The molecule has 2 bridgehead atoms. The van der Waals surface area contributed by atoms with E-state index >= 15 is 0 Å². The summed E-state index contributed by atoms with van der Waals surface area (Å²) in [4.78, 5) is 37.7. The van der Waals surface area contributed by atoms with Gasteiger partial charge in [0.15, 0.2) is 0 Å². The number of amides is 2. The molecule has 0 unspecified atom stereocenters. The molecule has 4 heterocycles. The van der Waals surface area contributed by atoms with E-state index in [0.29, 0.717) is 17.6 Å². The molecule has 1 aromatic carbocycles. The number of carbonyl (C=O) groups excluding carboxylic acids is 2. The first-order chi connectivity index (χ1) is 21.7. The number of carbonyl (C=O) groups is 2. The second-order valence-corrected chi connectivity index (χ2v) is 16.3. The predicted molar refractivity (Wildman–Crippen MR) is 185 cm³/mol. The van der Waals surface area contributed by atoms with Crippen LogP contribution < -0.4 is 5.32 Å². The molecule has 4 aliphatic rings. The summed E-state index contributed by atoms with van der Waals surface area (Å²) in [5.74, 6) is 1.96. The quantitative estimate of drug-likeness (QED) is 0.266. The third-order valence-electron chi connectivity index (χ3n) is 11.7. The lowest BCUT2D eigenvalue weighted by Crippen LogP contribution is -2.50. The summed E-state index contributed by atoms with van der Waals surface area (Å²) >= 11 is 1.80. The number of urea groups is 1. The molecule has 2 saturated carbocycles. The minimum absolute atomic E-state index is 0.135. The number of benzene rings is 1. The standard InChI is InChI=1S/C38H52N4O2S/c1-24-20-25(2)22-28(21-24)34-30(14-19-41-17-12-29(13-18-41)39-37(44)42-15-6-5-7-16-42)31-23-32(45-36(31)40-34)38(3,4)35(43)33-26-8-9-27(33)11-10-26/h20-23,26-27,29,33,40H,5-19H2,1-4H3,(H,39,44). The number of hydrogen-bond acceptors (Lipinski definition) is 4. The number of fused-ring (bicyclic) bond motifs is 3. The molecule has 2 aliphatic carbocycles. The van der Waals surface area contributed by atoms with Gasteiger partial charge in [-0.25, -0.2) is 4.79 Å². The average molecular weight is 629 g/mol. The van der Waals surface area contributed by atoms with Crippen molar-refractivity contribution in [1.29, 1.82) is 0 Å². The van der Waals surface area contributed by atoms with Crippen LogP contribution in [0.3, 0.4) is 0 Å². The van der Waals surface area contributed by atoms with Crippen molar-refractivity contribution < 1.29 is 9.59 Å². The maximum absolute atomic E-state index is 14.1. The molecule has 7 rings (SSSR count). The Bertz CT molecular complexity index is 1510. The van der Waals surface area contributed by atoms with E-state index in [-0.39, 0.29) is 18.0 Å². The Morgan fingerprint density at radius 1 is 0.889 bits per heavy atom. The summed E-state index contributed by atoms with van der Waals surface area (Å²) in [6, 6.07) is 9.60. The highest BCUT2D eigenvalue weighted by Gasteiger charge is 2.50. The lowest BCUT2D eigenvalue weighted by atomic mass is 9.76. The first-order valence-corrected chi connectivity index (χ1v) is 18.5. The van der Waals surface area contributed by atoms with E-state index in [4.69, 9.17) is 0 Å². The summed E-state index contributed by atoms with van der Waals surface area (Å²) in [7, 11) is 0. The van der Waals surface area contributed by atoms with Crippen LogP contribution in [0, 0.1) is 31.6 Å². The zero-order valence-corrected chi connectivity index (χ0v) is 28.7. The zero-order valence-electron chi connectivity index (χ0n) is 27.8. The summed E-state index contributed by atoms with van der Waals surface area (Å²) < 4.78 is 0. The monoisotopic (exact) mass is 628 g/mol. The van der Waals surface area contributed by atoms with Crippen LogP contribution in [0.15, 0.2) is 24.3 Å². The Morgan fingerprint density at radius 3 is 2.18 bits per heavy atom. The van der Waals surface area contributed by atoms with E-state index in [1.807, 2.05) is 4.90 Å². The Kier molecular flexibility index (Phi) is 8.62. The molecule has 2 N–H and O–H groups in total. The van der Waals surface area contributed by atoms with Crippen molar-refractivity contribution in [2.75, 3.05) is 32.7 Å². The molecule has 45 heavy (non-hydrogen) atoms. The number of aryl methyl sites for hydroxylation is 2. The van der Waals surface area contributed by atoms with Gasteiger partial charge in [-0.05, 0) is 133 Å². The minimum Gasteiger partial charge on any atom is -0.346 e. The summed E-state index contributed by atoms with van der Waals surface area (Å²) in [5, 5.41) is 4.62. The first-order valence-electron chi connectivity index (χ1n) is 17.7. The second kappa shape index (κ2) is 12.5. The van der Waals surface area contributed by atoms with Gasteiger partial charge in [0.2, 0.25) is 0 Å². The Morgan fingerprint density at radius 2 is 1.53 bits per heavy atom. The molecule has 2 aromatic heterocycles. The van der Waals surface area contributed by atoms with Gasteiger partial charge in [0.1, 0.15) is 10.6 Å². The number of thiophene rings is 1. The number of nitrogens with zero attached hydrogens (tertiary/aromatic N) is 2. The van der Waals surface area contributed by atoms with E-state index in [9.17, 15) is 9.59 Å². The topological polar surface area (TPSA) is 68.4 Å². The molecule has 3 aromatic rings. The van der Waals surface area contributed by atoms with Crippen LogP contribution in [-0.4, -0.2) is 65.4 Å². The van der Waals surface area contributed by atoms with Gasteiger partial charge in [-0.15, -0.1) is 11.3 Å². The van der Waals surface area contributed by atoms with Gasteiger partial charge in [-0.3, -0.25) is 4.79 Å². The number of likely N-dealkylation sites (tertiary alicyclic amines) is 2. The molecule has 0 spiro atoms. The number of piperidine rings is 2. The van der Waals surface area contributed by atoms with Crippen molar-refractivity contribution in [2.24, 2.45) is 17.8 Å². The highest BCUT2D eigenvalue weighted by Crippen LogP contribution is 2.52. The molecule has 0 radical (unpaired) electrons. The fourth-order valence-electron chi connectivity index (χ4n) is 9.11. The van der Waals surface area contributed by atoms with Crippen molar-refractivity contribution >= 4 is 33.4 Å². The van der Waals surface area contributed by atoms with Gasteiger partial charge in [0.25, 0.3) is 0 Å². The van der Waals surface area contributed by atoms with Crippen molar-refractivity contribution in [2.45, 2.75) is 103 Å². The van der Waals surface area contributed by atoms with Crippen LogP contribution in [-0.2, 0) is 16.6 Å². The number of rotatable bonds is 8. The fourth-order valence-corrected chi connectivity index (χ4v) is 10.3. The zero-order chi connectivity index (χ0) is 31.3. The number of Topliss-reactive ketones (excluding diaryl/α,β-unsaturated/α-hetero) is 1. The van der Waals surface area contributed by atoms with Crippen LogP contribution >= 0.6 is 11.3 Å².